The van der Waals surface area contributed by atoms with E-state index in [9.17, 15) is 9.59 Å². The third kappa shape index (κ3) is 5.43. The highest BCUT2D eigenvalue weighted by Crippen LogP contribution is 2.22. The molecule has 0 heterocycles. The first kappa shape index (κ1) is 17.5. The van der Waals surface area contributed by atoms with Gasteiger partial charge in [-0.25, -0.2) is 0 Å². The van der Waals surface area contributed by atoms with Crippen molar-refractivity contribution in [3.05, 3.63) is 66.2 Å². The van der Waals surface area contributed by atoms with Crippen molar-refractivity contribution in [2.75, 3.05) is 6.54 Å². The summed E-state index contributed by atoms with van der Waals surface area (Å²) >= 11 is 0. The Hall–Kier alpha value is -2.82. The Bertz CT molecular complexity index is 658. The lowest BCUT2D eigenvalue weighted by molar-refractivity contribution is -0.138. The zero-order valence-corrected chi connectivity index (χ0v) is 13.5. The average Bonchev–Trinajstić information content (AvgIpc) is 2.58. The van der Waals surface area contributed by atoms with Crippen LogP contribution < -0.4 is 10.1 Å². The molecule has 24 heavy (non-hydrogen) atoms. The minimum Gasteiger partial charge on any atom is -0.481 e. The first-order valence-corrected chi connectivity index (χ1v) is 7.82. The number of para-hydroxylation sites is 1. The van der Waals surface area contributed by atoms with E-state index in [1.807, 2.05) is 48.5 Å². The minimum absolute atomic E-state index is 0.00975. The van der Waals surface area contributed by atoms with Gasteiger partial charge in [-0.1, -0.05) is 55.5 Å². The molecule has 5 heteroatoms. The van der Waals surface area contributed by atoms with Crippen LogP contribution >= 0.6 is 0 Å². The first-order valence-electron chi connectivity index (χ1n) is 7.82. The van der Waals surface area contributed by atoms with Crippen molar-refractivity contribution in [1.82, 2.24) is 5.32 Å². The number of rotatable bonds is 8. The van der Waals surface area contributed by atoms with E-state index in [0.717, 1.165) is 5.56 Å². The molecule has 0 aliphatic heterocycles. The Morgan fingerprint density at radius 3 is 2.21 bits per heavy atom. The fourth-order valence-corrected chi connectivity index (χ4v) is 2.27. The highest BCUT2D eigenvalue weighted by atomic mass is 16.5. The number of hydrogen-bond acceptors (Lipinski definition) is 3. The summed E-state index contributed by atoms with van der Waals surface area (Å²) < 4.78 is 5.85. The molecule has 0 aromatic heterocycles. The van der Waals surface area contributed by atoms with Gasteiger partial charge in [0.15, 0.2) is 0 Å². The second-order valence-corrected chi connectivity index (χ2v) is 5.67. The van der Waals surface area contributed by atoms with Crippen LogP contribution in [0.5, 0.6) is 5.75 Å². The Morgan fingerprint density at radius 1 is 1.04 bits per heavy atom. The molecule has 0 fully saturated rings. The number of amides is 1. The maximum Gasteiger partial charge on any atom is 0.303 e. The van der Waals surface area contributed by atoms with E-state index in [1.165, 1.54) is 0 Å². The van der Waals surface area contributed by atoms with Gasteiger partial charge in [0.2, 0.25) is 6.10 Å². The molecule has 0 radical (unpaired) electrons. The molecular formula is C19H21NO4. The third-order valence-electron chi connectivity index (χ3n) is 3.49. The Morgan fingerprint density at radius 2 is 1.62 bits per heavy atom. The smallest absolute Gasteiger partial charge is 0.303 e. The van der Waals surface area contributed by atoms with Crippen LogP contribution in [0.25, 0.3) is 0 Å². The number of carbonyl (C=O) groups excluding carboxylic acids is 1. The fourth-order valence-electron chi connectivity index (χ4n) is 2.27. The molecule has 2 atom stereocenters. The van der Waals surface area contributed by atoms with E-state index < -0.39 is 12.1 Å². The minimum atomic E-state index is -0.878. The zero-order valence-electron chi connectivity index (χ0n) is 13.5. The van der Waals surface area contributed by atoms with Crippen molar-refractivity contribution in [3.8, 4) is 5.75 Å². The number of carbonyl (C=O) groups is 2. The van der Waals surface area contributed by atoms with Crippen molar-refractivity contribution < 1.29 is 19.4 Å². The zero-order chi connectivity index (χ0) is 17.4. The van der Waals surface area contributed by atoms with E-state index in [4.69, 9.17) is 9.84 Å². The van der Waals surface area contributed by atoms with E-state index in [-0.39, 0.29) is 24.8 Å². The quantitative estimate of drug-likeness (QED) is 0.781. The number of ether oxygens (including phenoxy) is 1. The van der Waals surface area contributed by atoms with Gasteiger partial charge in [-0.2, -0.15) is 0 Å². The summed E-state index contributed by atoms with van der Waals surface area (Å²) in [5.41, 5.74) is 0.741. The SMILES string of the molecule is CC(CNC(=O)C(Oc1ccccc1)c1ccccc1)CC(=O)O. The molecule has 1 amide bonds. The lowest BCUT2D eigenvalue weighted by atomic mass is 10.1. The molecule has 2 N–H and O–H groups in total. The number of nitrogens with one attached hydrogen (secondary N) is 1. The molecule has 5 nitrogen and oxygen atoms in total. The van der Waals surface area contributed by atoms with Gasteiger partial charge in [0.05, 0.1) is 0 Å². The average molecular weight is 327 g/mol. The van der Waals surface area contributed by atoms with Gasteiger partial charge in [0, 0.05) is 18.5 Å². The fraction of sp³-hybridized carbons (Fsp3) is 0.263. The standard InChI is InChI=1S/C19H21NO4/c1-14(12-17(21)22)13-20-19(23)18(15-8-4-2-5-9-15)24-16-10-6-3-7-11-16/h2-11,14,18H,12-13H2,1H3,(H,20,23)(H,21,22). The van der Waals surface area contributed by atoms with Gasteiger partial charge < -0.3 is 15.2 Å². The molecule has 0 aliphatic carbocycles. The Kier molecular flexibility index (Phi) is 6.37. The Labute approximate surface area is 141 Å². The molecule has 2 rings (SSSR count). The van der Waals surface area contributed by atoms with Crippen LogP contribution in [0.3, 0.4) is 0 Å². The summed E-state index contributed by atoms with van der Waals surface area (Å²) in [5.74, 6) is -0.723. The number of carboxylic acid groups (broad SMARTS) is 1. The monoisotopic (exact) mass is 327 g/mol. The highest BCUT2D eigenvalue weighted by Gasteiger charge is 2.23. The normalized spacial score (nSPS) is 12.9. The predicted molar refractivity (Wildman–Crippen MR) is 90.7 cm³/mol. The largest absolute Gasteiger partial charge is 0.481 e. The van der Waals surface area contributed by atoms with Gasteiger partial charge in [0.1, 0.15) is 5.75 Å². The molecule has 2 aromatic rings. The van der Waals surface area contributed by atoms with Crippen LogP contribution in [-0.2, 0) is 9.59 Å². The summed E-state index contributed by atoms with van der Waals surface area (Å²) in [5, 5.41) is 11.6. The molecule has 0 bridgehead atoms. The van der Waals surface area contributed by atoms with Crippen molar-refractivity contribution >= 4 is 11.9 Å². The maximum atomic E-state index is 12.6. The van der Waals surface area contributed by atoms with Gasteiger partial charge in [0.25, 0.3) is 5.91 Å². The number of hydrogen-bond donors (Lipinski definition) is 2. The topological polar surface area (TPSA) is 75.6 Å². The summed E-state index contributed by atoms with van der Waals surface area (Å²) in [4.78, 5) is 23.3. The molecule has 2 aromatic carbocycles. The predicted octanol–water partition coefficient (Wildman–Crippen LogP) is 3.03. The van der Waals surface area contributed by atoms with Crippen molar-refractivity contribution in [1.29, 1.82) is 0 Å². The second-order valence-electron chi connectivity index (χ2n) is 5.67. The van der Waals surface area contributed by atoms with E-state index in [2.05, 4.69) is 5.32 Å². The number of benzene rings is 2. The molecule has 126 valence electrons. The maximum absolute atomic E-state index is 12.6. The van der Waals surface area contributed by atoms with E-state index >= 15 is 0 Å². The van der Waals surface area contributed by atoms with Crippen LogP contribution in [0.1, 0.15) is 25.0 Å². The second kappa shape index (κ2) is 8.72. The third-order valence-corrected chi connectivity index (χ3v) is 3.49. The molecule has 0 saturated carbocycles. The molecule has 2 unspecified atom stereocenters. The molecule has 0 spiro atoms. The van der Waals surface area contributed by atoms with Crippen LogP contribution in [-0.4, -0.2) is 23.5 Å². The van der Waals surface area contributed by atoms with Gasteiger partial charge in [-0.05, 0) is 18.1 Å². The molecule has 0 aliphatic rings. The van der Waals surface area contributed by atoms with Gasteiger partial charge in [-0.15, -0.1) is 0 Å². The lowest BCUT2D eigenvalue weighted by Crippen LogP contribution is -2.35. The van der Waals surface area contributed by atoms with Crippen LogP contribution in [0.2, 0.25) is 0 Å². The summed E-state index contributed by atoms with van der Waals surface area (Å²) in [7, 11) is 0. The number of carboxylic acids is 1. The van der Waals surface area contributed by atoms with Crippen molar-refractivity contribution in [2.24, 2.45) is 5.92 Å². The van der Waals surface area contributed by atoms with Crippen molar-refractivity contribution in [3.63, 3.8) is 0 Å². The summed E-state index contributed by atoms with van der Waals surface area (Å²) in [6, 6.07) is 18.3. The van der Waals surface area contributed by atoms with Crippen LogP contribution in [0.15, 0.2) is 60.7 Å². The van der Waals surface area contributed by atoms with Gasteiger partial charge in [-0.3, -0.25) is 9.59 Å². The molecule has 0 saturated heterocycles. The molecular weight excluding hydrogens is 306 g/mol. The van der Waals surface area contributed by atoms with Gasteiger partial charge >= 0.3 is 5.97 Å². The van der Waals surface area contributed by atoms with E-state index in [0.29, 0.717) is 5.75 Å². The first-order chi connectivity index (χ1) is 11.6. The Balaban J connectivity index is 2.07. The number of aliphatic carboxylic acids is 1. The highest BCUT2D eigenvalue weighted by molar-refractivity contribution is 5.82. The summed E-state index contributed by atoms with van der Waals surface area (Å²) in [6.45, 7) is 2.07. The lowest BCUT2D eigenvalue weighted by Gasteiger charge is -2.20. The van der Waals surface area contributed by atoms with Crippen molar-refractivity contribution in [2.45, 2.75) is 19.4 Å². The van der Waals surface area contributed by atoms with Crippen LogP contribution in [0.4, 0.5) is 0 Å². The summed E-state index contributed by atoms with van der Waals surface area (Å²) in [6.07, 6.45) is -0.777. The van der Waals surface area contributed by atoms with E-state index in [1.54, 1.807) is 19.1 Å². The van der Waals surface area contributed by atoms with Crippen LogP contribution in [0, 0.1) is 5.92 Å².